The molecule has 3 heterocycles. The fourth-order valence-corrected chi connectivity index (χ4v) is 6.19. The van der Waals surface area contributed by atoms with Gasteiger partial charge in [-0.2, -0.15) is 4.52 Å². The molecule has 1 saturated heterocycles. The number of nitrogens with one attached hydrogen (secondary N) is 1. The van der Waals surface area contributed by atoms with E-state index in [9.17, 15) is 4.79 Å². The number of carbonyl (C=O) groups excluding carboxylic acids is 1. The number of nitrogens with zero attached hydrogens (tertiary/aromatic N) is 5. The first-order valence-corrected chi connectivity index (χ1v) is 13.9. The molecule has 2 aromatic heterocycles. The molecule has 188 valence electrons. The first-order chi connectivity index (χ1) is 16.8. The second-order valence-corrected chi connectivity index (χ2v) is 12.1. The summed E-state index contributed by atoms with van der Waals surface area (Å²) in [4.78, 5) is 23.1. The van der Waals surface area contributed by atoms with E-state index in [2.05, 4.69) is 67.1 Å². The molecule has 5 rings (SSSR count). The zero-order valence-electron chi connectivity index (χ0n) is 21.5. The number of aryl methyl sites for hydroxylation is 1. The van der Waals surface area contributed by atoms with Crippen LogP contribution in [0, 0.1) is 12.8 Å². The number of aromatic nitrogens is 3. The number of imidazole rings is 1. The quantitative estimate of drug-likeness (QED) is 0.500. The Kier molecular flexibility index (Phi) is 6.75. The Morgan fingerprint density at radius 1 is 1.11 bits per heavy atom. The lowest BCUT2D eigenvalue weighted by atomic mass is 9.86. The smallest absolute Gasteiger partial charge is 0.222 e. The number of piperazine rings is 1. The van der Waals surface area contributed by atoms with Gasteiger partial charge < -0.3 is 15.1 Å². The van der Waals surface area contributed by atoms with Crippen LogP contribution in [0.2, 0.25) is 0 Å². The van der Waals surface area contributed by atoms with Gasteiger partial charge in [0.25, 0.3) is 0 Å². The lowest BCUT2D eigenvalue weighted by molar-refractivity contribution is -0.132. The molecule has 0 unspecified atom stereocenters. The van der Waals surface area contributed by atoms with Crippen molar-refractivity contribution in [3.05, 3.63) is 29.8 Å². The number of fused-ring (bicyclic) bond motifs is 1. The standard InChI is InChI=1S/C27H38N6OS/c1-19-9-8-12-21(17-19)23-24(29-27(2,3)4)33-25(28-23)35-26(30-33)32-15-13-31(14-16-32)22(34)18-20-10-6-5-7-11-20/h8-9,12,17,20,29H,5-7,10-11,13-16,18H2,1-4H3. The molecule has 2 fully saturated rings. The average molecular weight is 495 g/mol. The molecule has 0 bridgehead atoms. The zero-order chi connectivity index (χ0) is 24.6. The third-order valence-corrected chi connectivity index (χ3v) is 8.04. The molecular weight excluding hydrogens is 456 g/mol. The summed E-state index contributed by atoms with van der Waals surface area (Å²) in [5.74, 6) is 1.86. The van der Waals surface area contributed by atoms with E-state index in [4.69, 9.17) is 10.1 Å². The lowest BCUT2D eigenvalue weighted by Crippen LogP contribution is -2.49. The van der Waals surface area contributed by atoms with E-state index in [0.29, 0.717) is 11.8 Å². The summed E-state index contributed by atoms with van der Waals surface area (Å²) < 4.78 is 1.96. The SMILES string of the molecule is Cc1cccc(-c2nc3sc(N4CCN(C(=O)CC5CCCCC5)CC4)nn3c2NC(C)(C)C)c1. The molecule has 1 aliphatic carbocycles. The van der Waals surface area contributed by atoms with Crippen LogP contribution >= 0.6 is 11.3 Å². The van der Waals surface area contributed by atoms with Gasteiger partial charge in [0.15, 0.2) is 5.82 Å². The third kappa shape index (κ3) is 5.47. The van der Waals surface area contributed by atoms with E-state index in [1.807, 2.05) is 4.52 Å². The Labute approximate surface area is 212 Å². The predicted octanol–water partition coefficient (Wildman–Crippen LogP) is 5.60. The van der Waals surface area contributed by atoms with E-state index < -0.39 is 0 Å². The molecular formula is C27H38N6OS. The number of carbonyl (C=O) groups is 1. The van der Waals surface area contributed by atoms with Gasteiger partial charge in [0.05, 0.1) is 0 Å². The van der Waals surface area contributed by atoms with Crippen molar-refractivity contribution in [1.29, 1.82) is 0 Å². The van der Waals surface area contributed by atoms with Crippen molar-refractivity contribution in [3.8, 4) is 11.3 Å². The largest absolute Gasteiger partial charge is 0.364 e. The van der Waals surface area contributed by atoms with E-state index >= 15 is 0 Å². The molecule has 2 aliphatic rings. The summed E-state index contributed by atoms with van der Waals surface area (Å²) in [5, 5.41) is 9.60. The first-order valence-electron chi connectivity index (χ1n) is 13.0. The minimum Gasteiger partial charge on any atom is -0.364 e. The number of amides is 1. The van der Waals surface area contributed by atoms with Gasteiger partial charge in [-0.1, -0.05) is 54.4 Å². The van der Waals surface area contributed by atoms with Crippen LogP contribution < -0.4 is 10.2 Å². The number of hydrogen-bond acceptors (Lipinski definition) is 6. The van der Waals surface area contributed by atoms with E-state index in [1.54, 1.807) is 11.3 Å². The van der Waals surface area contributed by atoms with Crippen molar-refractivity contribution in [2.24, 2.45) is 5.92 Å². The number of rotatable bonds is 5. The van der Waals surface area contributed by atoms with Gasteiger partial charge in [0.1, 0.15) is 5.69 Å². The number of anilines is 2. The summed E-state index contributed by atoms with van der Waals surface area (Å²) >= 11 is 1.62. The van der Waals surface area contributed by atoms with E-state index in [0.717, 1.165) is 59.8 Å². The Hall–Kier alpha value is -2.61. The highest BCUT2D eigenvalue weighted by atomic mass is 32.1. The zero-order valence-corrected chi connectivity index (χ0v) is 22.3. The molecule has 1 saturated carbocycles. The Morgan fingerprint density at radius 3 is 2.54 bits per heavy atom. The Balaban J connectivity index is 1.32. The second-order valence-electron chi connectivity index (χ2n) is 11.2. The van der Waals surface area contributed by atoms with E-state index in [1.165, 1.54) is 37.7 Å². The van der Waals surface area contributed by atoms with Crippen molar-refractivity contribution in [2.75, 3.05) is 36.4 Å². The maximum absolute atomic E-state index is 12.9. The normalized spacial score (nSPS) is 17.8. The highest BCUT2D eigenvalue weighted by Crippen LogP contribution is 2.35. The van der Waals surface area contributed by atoms with Crippen LogP contribution in [-0.4, -0.2) is 57.1 Å². The van der Waals surface area contributed by atoms with Crippen LogP contribution in [0.3, 0.4) is 0 Å². The highest BCUT2D eigenvalue weighted by Gasteiger charge is 2.28. The van der Waals surface area contributed by atoms with Crippen molar-refractivity contribution < 1.29 is 4.79 Å². The molecule has 1 N–H and O–H groups in total. The minimum atomic E-state index is -0.122. The maximum Gasteiger partial charge on any atom is 0.222 e. The minimum absolute atomic E-state index is 0.122. The topological polar surface area (TPSA) is 65.8 Å². The molecule has 0 spiro atoms. The Bertz CT molecular complexity index is 1180. The monoisotopic (exact) mass is 494 g/mol. The molecule has 3 aromatic rings. The van der Waals surface area contributed by atoms with Gasteiger partial charge in [-0.15, -0.1) is 5.10 Å². The van der Waals surface area contributed by atoms with Gasteiger partial charge in [0, 0.05) is 43.7 Å². The summed E-state index contributed by atoms with van der Waals surface area (Å²) in [6, 6.07) is 8.46. The van der Waals surface area contributed by atoms with Gasteiger partial charge in [-0.25, -0.2) is 4.98 Å². The van der Waals surface area contributed by atoms with Crippen molar-refractivity contribution in [2.45, 2.75) is 71.8 Å². The van der Waals surface area contributed by atoms with Crippen LogP contribution in [0.5, 0.6) is 0 Å². The third-order valence-electron chi connectivity index (χ3n) is 7.07. The van der Waals surface area contributed by atoms with Crippen LogP contribution in [-0.2, 0) is 4.79 Å². The fourth-order valence-electron chi connectivity index (χ4n) is 5.24. The maximum atomic E-state index is 12.9. The van der Waals surface area contributed by atoms with Crippen molar-refractivity contribution in [1.82, 2.24) is 19.5 Å². The molecule has 1 amide bonds. The number of benzene rings is 1. The second kappa shape index (κ2) is 9.80. The molecule has 1 aliphatic heterocycles. The fraction of sp³-hybridized carbons (Fsp3) is 0.593. The summed E-state index contributed by atoms with van der Waals surface area (Å²) in [7, 11) is 0. The molecule has 1 aromatic carbocycles. The number of hydrogen-bond donors (Lipinski definition) is 1. The predicted molar refractivity (Wildman–Crippen MR) is 144 cm³/mol. The van der Waals surface area contributed by atoms with E-state index in [-0.39, 0.29) is 5.54 Å². The van der Waals surface area contributed by atoms with Crippen molar-refractivity contribution in [3.63, 3.8) is 0 Å². The summed E-state index contributed by atoms with van der Waals surface area (Å²) in [5.41, 5.74) is 3.13. The molecule has 7 nitrogen and oxygen atoms in total. The first kappa shape index (κ1) is 24.1. The van der Waals surface area contributed by atoms with Gasteiger partial charge in [-0.3, -0.25) is 4.79 Å². The molecule has 8 heteroatoms. The van der Waals surface area contributed by atoms with Gasteiger partial charge >= 0.3 is 0 Å². The molecule has 35 heavy (non-hydrogen) atoms. The highest BCUT2D eigenvalue weighted by molar-refractivity contribution is 7.20. The van der Waals surface area contributed by atoms with Gasteiger partial charge in [0.2, 0.25) is 16.0 Å². The van der Waals surface area contributed by atoms with Crippen molar-refractivity contribution >= 4 is 33.2 Å². The summed E-state index contributed by atoms with van der Waals surface area (Å²) in [6.45, 7) is 11.8. The van der Waals surface area contributed by atoms with Crippen LogP contribution in [0.1, 0.15) is 64.9 Å². The lowest BCUT2D eigenvalue weighted by Gasteiger charge is -2.35. The molecule has 0 radical (unpaired) electrons. The average Bonchev–Trinajstić information content (AvgIpc) is 3.38. The van der Waals surface area contributed by atoms with Crippen LogP contribution in [0.25, 0.3) is 16.2 Å². The Morgan fingerprint density at radius 2 is 1.86 bits per heavy atom. The summed E-state index contributed by atoms with van der Waals surface area (Å²) in [6.07, 6.45) is 7.08. The molecule has 0 atom stereocenters. The van der Waals surface area contributed by atoms with Crippen LogP contribution in [0.4, 0.5) is 10.9 Å². The van der Waals surface area contributed by atoms with Crippen LogP contribution in [0.15, 0.2) is 24.3 Å². The van der Waals surface area contributed by atoms with Gasteiger partial charge in [-0.05, 0) is 52.5 Å².